The van der Waals surface area contributed by atoms with Crippen LogP contribution in [0.1, 0.15) is 19.8 Å². The molecular weight excluding hydrogens is 224 g/mol. The zero-order valence-electron chi connectivity index (χ0n) is 10.1. The molecule has 0 fully saturated rings. The smallest absolute Gasteiger partial charge is 0.326 e. The van der Waals surface area contributed by atoms with Crippen LogP contribution >= 0.6 is 0 Å². The van der Waals surface area contributed by atoms with E-state index >= 15 is 0 Å². The Labute approximate surface area is 101 Å². The second-order valence-corrected chi connectivity index (χ2v) is 3.39. The van der Waals surface area contributed by atoms with Crippen LogP contribution in [0, 0.1) is 0 Å². The minimum Gasteiger partial charge on any atom is -0.480 e. The second-order valence-electron chi connectivity index (χ2n) is 3.39. The molecule has 0 saturated heterocycles. The maximum absolute atomic E-state index is 11.2. The third kappa shape index (κ3) is 8.27. The molecule has 1 atom stereocenters. The molecule has 0 bridgehead atoms. The molecule has 17 heavy (non-hydrogen) atoms. The quantitative estimate of drug-likeness (QED) is 0.412. The fourth-order valence-corrected chi connectivity index (χ4v) is 1.05. The third-order valence-electron chi connectivity index (χ3n) is 2.01. The molecule has 0 aliphatic rings. The lowest BCUT2D eigenvalue weighted by Gasteiger charge is -2.13. The van der Waals surface area contributed by atoms with Gasteiger partial charge in [0.25, 0.3) is 0 Å². The van der Waals surface area contributed by atoms with Crippen molar-refractivity contribution in [1.82, 2.24) is 10.6 Å². The molecule has 6 heteroatoms. The van der Waals surface area contributed by atoms with Gasteiger partial charge in [-0.15, -0.1) is 6.58 Å². The van der Waals surface area contributed by atoms with E-state index in [0.717, 1.165) is 6.42 Å². The molecule has 2 amide bonds. The molecule has 0 aromatic carbocycles. The van der Waals surface area contributed by atoms with Crippen molar-refractivity contribution in [1.29, 1.82) is 0 Å². The van der Waals surface area contributed by atoms with E-state index < -0.39 is 18.0 Å². The summed E-state index contributed by atoms with van der Waals surface area (Å²) in [6.45, 7) is 6.55. The van der Waals surface area contributed by atoms with Gasteiger partial charge in [-0.25, -0.2) is 9.59 Å². The van der Waals surface area contributed by atoms with Gasteiger partial charge in [0, 0.05) is 6.54 Å². The molecule has 0 aliphatic heterocycles. The highest BCUT2D eigenvalue weighted by molar-refractivity contribution is 5.82. The number of carboxylic acid groups (broad SMARTS) is 1. The topological polar surface area (TPSA) is 87.7 Å². The molecule has 98 valence electrons. The number of carbonyl (C=O) groups is 2. The first kappa shape index (κ1) is 15.4. The molecule has 0 aromatic rings. The second kappa shape index (κ2) is 9.65. The average Bonchev–Trinajstić information content (AvgIpc) is 2.30. The van der Waals surface area contributed by atoms with Crippen molar-refractivity contribution >= 4 is 12.0 Å². The number of carbonyl (C=O) groups excluding carboxylic acids is 1. The molecular formula is C11H20N2O4. The van der Waals surface area contributed by atoms with Crippen molar-refractivity contribution in [2.75, 3.05) is 19.8 Å². The van der Waals surface area contributed by atoms with Gasteiger partial charge in [0.15, 0.2) is 0 Å². The van der Waals surface area contributed by atoms with Crippen LogP contribution in [0.4, 0.5) is 4.79 Å². The Hall–Kier alpha value is -1.56. The fourth-order valence-electron chi connectivity index (χ4n) is 1.05. The molecule has 0 saturated carbocycles. The van der Waals surface area contributed by atoms with Crippen molar-refractivity contribution in [2.24, 2.45) is 0 Å². The lowest BCUT2D eigenvalue weighted by Crippen LogP contribution is -2.46. The Morgan fingerprint density at radius 1 is 1.47 bits per heavy atom. The molecule has 3 N–H and O–H groups in total. The predicted octanol–water partition coefficient (Wildman–Crippen LogP) is 0.741. The van der Waals surface area contributed by atoms with Crippen LogP contribution in [0.15, 0.2) is 12.7 Å². The fraction of sp³-hybridized carbons (Fsp3) is 0.636. The Morgan fingerprint density at radius 3 is 2.71 bits per heavy atom. The van der Waals surface area contributed by atoms with Gasteiger partial charge in [-0.3, -0.25) is 0 Å². The summed E-state index contributed by atoms with van der Waals surface area (Å²) in [6, 6.07) is -1.34. The zero-order valence-corrected chi connectivity index (χ0v) is 10.1. The van der Waals surface area contributed by atoms with Gasteiger partial charge in [-0.05, 0) is 12.8 Å². The normalized spacial score (nSPS) is 11.6. The van der Waals surface area contributed by atoms with E-state index in [4.69, 9.17) is 9.84 Å². The number of urea groups is 1. The Kier molecular flexibility index (Phi) is 8.77. The summed E-state index contributed by atoms with van der Waals surface area (Å²) >= 11 is 0. The van der Waals surface area contributed by atoms with Crippen LogP contribution < -0.4 is 10.6 Å². The Balaban J connectivity index is 3.58. The van der Waals surface area contributed by atoms with Gasteiger partial charge in [0.2, 0.25) is 0 Å². The van der Waals surface area contributed by atoms with E-state index in [0.29, 0.717) is 26.2 Å². The van der Waals surface area contributed by atoms with E-state index in [1.54, 1.807) is 13.0 Å². The van der Waals surface area contributed by atoms with Gasteiger partial charge in [-0.1, -0.05) is 13.0 Å². The first-order valence-electron chi connectivity index (χ1n) is 5.57. The minimum absolute atomic E-state index is 0.346. The minimum atomic E-state index is -1.04. The molecule has 0 radical (unpaired) electrons. The van der Waals surface area contributed by atoms with Crippen molar-refractivity contribution in [3.8, 4) is 0 Å². The van der Waals surface area contributed by atoms with Gasteiger partial charge in [0.1, 0.15) is 6.04 Å². The number of hydrogen-bond donors (Lipinski definition) is 3. The van der Waals surface area contributed by atoms with Crippen LogP contribution in [-0.4, -0.2) is 42.9 Å². The molecule has 0 rings (SSSR count). The van der Waals surface area contributed by atoms with Crippen molar-refractivity contribution in [3.05, 3.63) is 12.7 Å². The molecule has 0 spiro atoms. The molecule has 6 nitrogen and oxygen atoms in total. The molecule has 0 aliphatic carbocycles. The number of carboxylic acids is 1. The van der Waals surface area contributed by atoms with Crippen LogP contribution in [0.2, 0.25) is 0 Å². The highest BCUT2D eigenvalue weighted by atomic mass is 16.5. The zero-order chi connectivity index (χ0) is 13.1. The Bertz CT molecular complexity index is 256. The first-order valence-corrected chi connectivity index (χ1v) is 5.57. The first-order chi connectivity index (χ1) is 8.11. The third-order valence-corrected chi connectivity index (χ3v) is 2.01. The van der Waals surface area contributed by atoms with Crippen LogP contribution in [-0.2, 0) is 9.53 Å². The van der Waals surface area contributed by atoms with Gasteiger partial charge in [0.05, 0.1) is 13.2 Å². The van der Waals surface area contributed by atoms with Crippen molar-refractivity contribution in [3.63, 3.8) is 0 Å². The number of ether oxygens (including phenoxy) is 1. The van der Waals surface area contributed by atoms with Crippen molar-refractivity contribution in [2.45, 2.75) is 25.8 Å². The summed E-state index contributed by atoms with van der Waals surface area (Å²) in [4.78, 5) is 21.9. The SMILES string of the molecule is C=CCCOCCNC(=O)NC(CC)C(=O)O. The number of rotatable bonds is 9. The van der Waals surface area contributed by atoms with Crippen LogP contribution in [0.25, 0.3) is 0 Å². The largest absolute Gasteiger partial charge is 0.480 e. The van der Waals surface area contributed by atoms with Crippen LogP contribution in [0.3, 0.4) is 0 Å². The number of nitrogens with one attached hydrogen (secondary N) is 2. The number of hydrogen-bond acceptors (Lipinski definition) is 3. The summed E-state index contributed by atoms with van der Waals surface area (Å²) in [5.41, 5.74) is 0. The van der Waals surface area contributed by atoms with E-state index in [2.05, 4.69) is 17.2 Å². The molecule has 0 aromatic heterocycles. The highest BCUT2D eigenvalue weighted by Crippen LogP contribution is 1.90. The lowest BCUT2D eigenvalue weighted by molar-refractivity contribution is -0.139. The summed E-state index contributed by atoms with van der Waals surface area (Å²) < 4.78 is 5.17. The summed E-state index contributed by atoms with van der Waals surface area (Å²) in [5, 5.41) is 13.6. The summed E-state index contributed by atoms with van der Waals surface area (Å²) in [5.74, 6) is -1.04. The van der Waals surface area contributed by atoms with Gasteiger partial charge >= 0.3 is 12.0 Å². The van der Waals surface area contributed by atoms with Crippen LogP contribution in [0.5, 0.6) is 0 Å². The molecule has 1 unspecified atom stereocenters. The number of amides is 2. The van der Waals surface area contributed by atoms with Crippen molar-refractivity contribution < 1.29 is 19.4 Å². The average molecular weight is 244 g/mol. The van der Waals surface area contributed by atoms with E-state index in [1.165, 1.54) is 0 Å². The standard InChI is InChI=1S/C11H20N2O4/c1-3-5-7-17-8-6-12-11(16)13-9(4-2)10(14)15/h3,9H,1,4-8H2,2H3,(H,14,15)(H2,12,13,16). The molecule has 0 heterocycles. The van der Waals surface area contributed by atoms with E-state index in [1.807, 2.05) is 0 Å². The lowest BCUT2D eigenvalue weighted by atomic mass is 10.2. The summed E-state index contributed by atoms with van der Waals surface area (Å²) in [7, 11) is 0. The van der Waals surface area contributed by atoms with Gasteiger partial charge < -0.3 is 20.5 Å². The monoisotopic (exact) mass is 244 g/mol. The highest BCUT2D eigenvalue weighted by Gasteiger charge is 2.16. The van der Waals surface area contributed by atoms with E-state index in [9.17, 15) is 9.59 Å². The maximum atomic E-state index is 11.2. The van der Waals surface area contributed by atoms with E-state index in [-0.39, 0.29) is 0 Å². The summed E-state index contributed by atoms with van der Waals surface area (Å²) in [6.07, 6.45) is 2.86. The Morgan fingerprint density at radius 2 is 2.18 bits per heavy atom. The maximum Gasteiger partial charge on any atom is 0.326 e. The van der Waals surface area contributed by atoms with Gasteiger partial charge in [-0.2, -0.15) is 0 Å². The predicted molar refractivity (Wildman–Crippen MR) is 63.9 cm³/mol. The number of aliphatic carboxylic acids is 1.